The van der Waals surface area contributed by atoms with E-state index >= 15 is 0 Å². The molecular weight excluding hydrogens is 460 g/mol. The van der Waals surface area contributed by atoms with Crippen molar-refractivity contribution in [2.75, 3.05) is 6.61 Å². The maximum Gasteiger partial charge on any atom is 0.336 e. The summed E-state index contributed by atoms with van der Waals surface area (Å²) in [6, 6.07) is 23.4. The second kappa shape index (κ2) is 11.5. The van der Waals surface area contributed by atoms with Crippen LogP contribution < -0.4 is 14.9 Å². The molecule has 0 saturated carbocycles. The smallest absolute Gasteiger partial charge is 0.336 e. The molecule has 3 aromatic rings. The molecule has 3 aromatic carbocycles. The number of hydrogen-bond donors (Lipinski definition) is 1. The molecule has 0 aliphatic heterocycles. The minimum Gasteiger partial charge on any atom is -0.484 e. The molecule has 0 unspecified atom stereocenters. The van der Waals surface area contributed by atoms with Crippen LogP contribution in [-0.2, 0) is 9.59 Å². The first-order valence-electron chi connectivity index (χ1n) is 9.34. The quantitative estimate of drug-likeness (QED) is 0.169. The summed E-state index contributed by atoms with van der Waals surface area (Å²) in [4.78, 5) is 23.7. The van der Waals surface area contributed by atoms with Crippen LogP contribution in [0.5, 0.6) is 11.5 Å². The van der Waals surface area contributed by atoms with Gasteiger partial charge in [0.15, 0.2) is 6.61 Å². The van der Waals surface area contributed by atoms with Crippen molar-refractivity contribution in [2.24, 2.45) is 5.10 Å². The fraction of sp³-hybridized carbons (Fsp3) is 0.0417. The summed E-state index contributed by atoms with van der Waals surface area (Å²) >= 11 is 3.33. The maximum absolute atomic E-state index is 11.9. The molecule has 156 valence electrons. The van der Waals surface area contributed by atoms with Crippen molar-refractivity contribution in [3.63, 3.8) is 0 Å². The Hall–Kier alpha value is -3.71. The van der Waals surface area contributed by atoms with Crippen LogP contribution in [0, 0.1) is 0 Å². The molecule has 0 radical (unpaired) electrons. The van der Waals surface area contributed by atoms with Crippen LogP contribution in [-0.4, -0.2) is 24.7 Å². The first-order chi connectivity index (χ1) is 15.1. The van der Waals surface area contributed by atoms with Crippen molar-refractivity contribution in [1.29, 1.82) is 0 Å². The highest BCUT2D eigenvalue weighted by Crippen LogP contribution is 2.16. The van der Waals surface area contributed by atoms with Gasteiger partial charge < -0.3 is 9.47 Å². The highest BCUT2D eigenvalue weighted by molar-refractivity contribution is 9.10. The van der Waals surface area contributed by atoms with E-state index in [2.05, 4.69) is 26.5 Å². The standard InChI is InChI=1S/C24H19BrN2O4/c25-20-9-13-21(14-10-20)30-17-23(28)27-26-16-19-6-11-22(12-7-19)31-24(29)15-8-18-4-2-1-3-5-18/h1-16H,17H2,(H,27,28)/b15-8+,26-16+. The Kier molecular flexibility index (Phi) is 8.13. The monoisotopic (exact) mass is 478 g/mol. The normalized spacial score (nSPS) is 10.9. The number of carbonyl (C=O) groups is 2. The topological polar surface area (TPSA) is 77.0 Å². The van der Waals surface area contributed by atoms with Gasteiger partial charge in [0.05, 0.1) is 6.21 Å². The zero-order valence-corrected chi connectivity index (χ0v) is 18.0. The van der Waals surface area contributed by atoms with Crippen LogP contribution >= 0.6 is 15.9 Å². The molecule has 0 spiro atoms. The van der Waals surface area contributed by atoms with Crippen molar-refractivity contribution in [2.45, 2.75) is 0 Å². The summed E-state index contributed by atoms with van der Waals surface area (Å²) in [5.41, 5.74) is 4.04. The van der Waals surface area contributed by atoms with Gasteiger partial charge in [-0.15, -0.1) is 0 Å². The van der Waals surface area contributed by atoms with E-state index in [9.17, 15) is 9.59 Å². The van der Waals surface area contributed by atoms with E-state index in [0.717, 1.165) is 15.6 Å². The van der Waals surface area contributed by atoms with Crippen LogP contribution in [0.15, 0.2) is 94.5 Å². The fourth-order valence-corrected chi connectivity index (χ4v) is 2.66. The number of carbonyl (C=O) groups excluding carboxylic acids is 2. The molecule has 7 heteroatoms. The summed E-state index contributed by atoms with van der Waals surface area (Å²) in [6.07, 6.45) is 4.54. The number of nitrogens with one attached hydrogen (secondary N) is 1. The Labute approximate surface area is 188 Å². The van der Waals surface area contributed by atoms with E-state index in [1.807, 2.05) is 42.5 Å². The van der Waals surface area contributed by atoms with E-state index in [1.54, 1.807) is 42.5 Å². The van der Waals surface area contributed by atoms with Crippen molar-refractivity contribution >= 4 is 40.1 Å². The molecule has 0 saturated heterocycles. The lowest BCUT2D eigenvalue weighted by atomic mass is 10.2. The SMILES string of the molecule is O=C(COc1ccc(Br)cc1)N/N=C/c1ccc(OC(=O)/C=C/c2ccccc2)cc1. The number of halogens is 1. The molecule has 0 fully saturated rings. The minimum absolute atomic E-state index is 0.148. The molecule has 1 amide bonds. The van der Waals surface area contributed by atoms with Crippen LogP contribution in [0.3, 0.4) is 0 Å². The van der Waals surface area contributed by atoms with Gasteiger partial charge in [0, 0.05) is 10.5 Å². The number of ether oxygens (including phenoxy) is 2. The van der Waals surface area contributed by atoms with Crippen molar-refractivity contribution in [1.82, 2.24) is 5.43 Å². The summed E-state index contributed by atoms with van der Waals surface area (Å²) in [6.45, 7) is -0.148. The Bertz CT molecular complexity index is 1060. The van der Waals surface area contributed by atoms with Crippen molar-refractivity contribution < 1.29 is 19.1 Å². The molecule has 6 nitrogen and oxygen atoms in total. The van der Waals surface area contributed by atoms with Gasteiger partial charge in [-0.2, -0.15) is 5.10 Å². The molecule has 31 heavy (non-hydrogen) atoms. The molecule has 0 heterocycles. The number of rotatable bonds is 8. The first-order valence-corrected chi connectivity index (χ1v) is 10.1. The Balaban J connectivity index is 1.42. The van der Waals surface area contributed by atoms with Gasteiger partial charge in [0.2, 0.25) is 0 Å². The molecule has 0 aliphatic rings. The largest absolute Gasteiger partial charge is 0.484 e. The number of esters is 1. The van der Waals surface area contributed by atoms with E-state index in [4.69, 9.17) is 9.47 Å². The van der Waals surface area contributed by atoms with Crippen LogP contribution in [0.2, 0.25) is 0 Å². The van der Waals surface area contributed by atoms with Gasteiger partial charge in [0.25, 0.3) is 5.91 Å². The Morgan fingerprint density at radius 3 is 2.26 bits per heavy atom. The number of nitrogens with zero attached hydrogens (tertiary/aromatic N) is 1. The molecule has 0 atom stereocenters. The average molecular weight is 479 g/mol. The predicted molar refractivity (Wildman–Crippen MR) is 123 cm³/mol. The van der Waals surface area contributed by atoms with Gasteiger partial charge in [-0.05, 0) is 65.7 Å². The molecule has 3 rings (SSSR count). The highest BCUT2D eigenvalue weighted by atomic mass is 79.9. The summed E-state index contributed by atoms with van der Waals surface area (Å²) in [5, 5.41) is 3.89. The number of hydrazone groups is 1. The van der Waals surface area contributed by atoms with Crippen molar-refractivity contribution in [3.8, 4) is 11.5 Å². The number of benzene rings is 3. The van der Waals surface area contributed by atoms with E-state index < -0.39 is 5.97 Å². The van der Waals surface area contributed by atoms with Crippen LogP contribution in [0.4, 0.5) is 0 Å². The third kappa shape index (κ3) is 7.91. The van der Waals surface area contributed by atoms with Crippen LogP contribution in [0.25, 0.3) is 6.08 Å². The Morgan fingerprint density at radius 2 is 1.55 bits per heavy atom. The summed E-state index contributed by atoms with van der Waals surface area (Å²) in [7, 11) is 0. The van der Waals surface area contributed by atoms with Gasteiger partial charge in [-0.25, -0.2) is 10.2 Å². The number of hydrogen-bond acceptors (Lipinski definition) is 5. The second-order valence-corrected chi connectivity index (χ2v) is 7.19. The lowest BCUT2D eigenvalue weighted by Gasteiger charge is -2.05. The molecule has 0 aromatic heterocycles. The average Bonchev–Trinajstić information content (AvgIpc) is 2.79. The maximum atomic E-state index is 11.9. The minimum atomic E-state index is -0.469. The molecule has 1 N–H and O–H groups in total. The predicted octanol–water partition coefficient (Wildman–Crippen LogP) is 4.60. The summed E-state index contributed by atoms with van der Waals surface area (Å²) < 4.78 is 11.6. The van der Waals surface area contributed by atoms with Gasteiger partial charge in [-0.1, -0.05) is 46.3 Å². The highest BCUT2D eigenvalue weighted by Gasteiger charge is 2.02. The third-order valence-corrected chi connectivity index (χ3v) is 4.43. The van der Waals surface area contributed by atoms with Gasteiger partial charge >= 0.3 is 5.97 Å². The number of amides is 1. The first kappa shape index (κ1) is 22.0. The van der Waals surface area contributed by atoms with E-state index in [0.29, 0.717) is 11.5 Å². The zero-order chi connectivity index (χ0) is 21.9. The van der Waals surface area contributed by atoms with Crippen molar-refractivity contribution in [3.05, 3.63) is 101 Å². The second-order valence-electron chi connectivity index (χ2n) is 6.27. The van der Waals surface area contributed by atoms with E-state index in [-0.39, 0.29) is 12.5 Å². The summed E-state index contributed by atoms with van der Waals surface area (Å²) in [5.74, 6) is 0.149. The van der Waals surface area contributed by atoms with Crippen LogP contribution in [0.1, 0.15) is 11.1 Å². The molecule has 0 aliphatic carbocycles. The van der Waals surface area contributed by atoms with E-state index in [1.165, 1.54) is 12.3 Å². The zero-order valence-electron chi connectivity index (χ0n) is 16.4. The molecular formula is C24H19BrN2O4. The molecule has 0 bridgehead atoms. The lowest BCUT2D eigenvalue weighted by molar-refractivity contribution is -0.129. The Morgan fingerprint density at radius 1 is 0.871 bits per heavy atom. The lowest BCUT2D eigenvalue weighted by Crippen LogP contribution is -2.24. The fourth-order valence-electron chi connectivity index (χ4n) is 2.39. The van der Waals surface area contributed by atoms with Gasteiger partial charge in [-0.3, -0.25) is 4.79 Å². The third-order valence-electron chi connectivity index (χ3n) is 3.90. The van der Waals surface area contributed by atoms with Gasteiger partial charge in [0.1, 0.15) is 11.5 Å².